The van der Waals surface area contributed by atoms with Crippen LogP contribution in [0.4, 0.5) is 5.82 Å². The van der Waals surface area contributed by atoms with Crippen LogP contribution < -0.4 is 10.9 Å². The van der Waals surface area contributed by atoms with Crippen LogP contribution in [0.1, 0.15) is 47.0 Å². The number of hydrogen-bond acceptors (Lipinski definition) is 3. The van der Waals surface area contributed by atoms with Crippen LogP contribution in [0.3, 0.4) is 0 Å². The third-order valence-electron chi connectivity index (χ3n) is 3.59. The number of nitrogens with one attached hydrogen (secondary N) is 2. The van der Waals surface area contributed by atoms with Crippen molar-refractivity contribution in [2.75, 3.05) is 5.32 Å². The van der Waals surface area contributed by atoms with Crippen molar-refractivity contribution < 1.29 is 0 Å². The van der Waals surface area contributed by atoms with Gasteiger partial charge in [0, 0.05) is 12.1 Å². The van der Waals surface area contributed by atoms with Gasteiger partial charge in [-0.15, -0.1) is 0 Å². The lowest BCUT2D eigenvalue weighted by Gasteiger charge is -2.45. The summed E-state index contributed by atoms with van der Waals surface area (Å²) in [5.74, 6) is 0.678. The molecule has 18 heavy (non-hydrogen) atoms. The number of aromatic amines is 1. The second-order valence-corrected chi connectivity index (χ2v) is 7.05. The number of H-pyrrole nitrogens is 1. The van der Waals surface area contributed by atoms with Gasteiger partial charge in [-0.1, -0.05) is 27.7 Å². The molecule has 1 aromatic rings. The summed E-state index contributed by atoms with van der Waals surface area (Å²) in [4.78, 5) is 17.9. The van der Waals surface area contributed by atoms with E-state index in [0.717, 1.165) is 12.8 Å². The summed E-state index contributed by atoms with van der Waals surface area (Å²) in [5, 5.41) is 3.40. The molecule has 0 aliphatic heterocycles. The monoisotopic (exact) mass is 249 g/mol. The average Bonchev–Trinajstić information content (AvgIpc) is 2.11. The number of hydrogen-bond donors (Lipinski definition) is 2. The van der Waals surface area contributed by atoms with Crippen molar-refractivity contribution in [1.82, 2.24) is 9.97 Å². The molecule has 0 radical (unpaired) electrons. The molecule has 0 spiro atoms. The van der Waals surface area contributed by atoms with E-state index in [-0.39, 0.29) is 5.56 Å². The quantitative estimate of drug-likeness (QED) is 0.847. The first-order chi connectivity index (χ1) is 8.26. The van der Waals surface area contributed by atoms with E-state index in [1.807, 2.05) is 0 Å². The van der Waals surface area contributed by atoms with Crippen molar-refractivity contribution in [2.24, 2.45) is 10.8 Å². The third kappa shape index (κ3) is 3.34. The van der Waals surface area contributed by atoms with Crippen molar-refractivity contribution >= 4 is 5.82 Å². The Labute approximate surface area is 108 Å². The van der Waals surface area contributed by atoms with Crippen molar-refractivity contribution in [1.29, 1.82) is 0 Å². The summed E-state index contributed by atoms with van der Waals surface area (Å²) < 4.78 is 0. The summed E-state index contributed by atoms with van der Waals surface area (Å²) in [6.07, 6.45) is 4.92. The van der Waals surface area contributed by atoms with E-state index in [1.54, 1.807) is 0 Å². The van der Waals surface area contributed by atoms with Gasteiger partial charge in [0.2, 0.25) is 0 Å². The van der Waals surface area contributed by atoms with Gasteiger partial charge in [0.15, 0.2) is 0 Å². The minimum absolute atomic E-state index is 0.109. The largest absolute Gasteiger partial charge is 0.367 e. The van der Waals surface area contributed by atoms with E-state index in [2.05, 4.69) is 43.0 Å². The number of nitrogens with zero attached hydrogens (tertiary/aromatic N) is 1. The van der Waals surface area contributed by atoms with Gasteiger partial charge in [-0.25, -0.2) is 4.98 Å². The molecule has 2 rings (SSSR count). The molecule has 0 amide bonds. The third-order valence-corrected chi connectivity index (χ3v) is 3.59. The van der Waals surface area contributed by atoms with Crippen LogP contribution in [-0.2, 0) is 0 Å². The van der Waals surface area contributed by atoms with Crippen molar-refractivity contribution in [3.05, 3.63) is 22.7 Å². The highest BCUT2D eigenvalue weighted by atomic mass is 16.1. The number of aromatic nitrogens is 2. The standard InChI is InChI=1S/C14H23N3O/c1-13(2)6-10(7-14(3,4)8-13)17-11-5-12(18)16-9-15-11/h5,9-10H,6-8H2,1-4H3,(H2,15,16,17,18). The molecule has 0 atom stereocenters. The lowest BCUT2D eigenvalue weighted by atomic mass is 9.63. The maximum absolute atomic E-state index is 11.3. The average molecular weight is 249 g/mol. The van der Waals surface area contributed by atoms with E-state index >= 15 is 0 Å². The van der Waals surface area contributed by atoms with Crippen LogP contribution in [0.2, 0.25) is 0 Å². The van der Waals surface area contributed by atoms with E-state index in [4.69, 9.17) is 0 Å². The van der Waals surface area contributed by atoms with Gasteiger partial charge >= 0.3 is 0 Å². The smallest absolute Gasteiger partial charge is 0.252 e. The Hall–Kier alpha value is -1.32. The molecule has 4 heteroatoms. The summed E-state index contributed by atoms with van der Waals surface area (Å²) in [6.45, 7) is 9.25. The normalized spacial score (nSPS) is 22.7. The first-order valence-electron chi connectivity index (χ1n) is 6.57. The molecular formula is C14H23N3O. The van der Waals surface area contributed by atoms with Gasteiger partial charge in [0.25, 0.3) is 5.56 Å². The molecule has 0 saturated heterocycles. The van der Waals surface area contributed by atoms with Gasteiger partial charge in [-0.3, -0.25) is 4.79 Å². The van der Waals surface area contributed by atoms with Crippen LogP contribution in [0.15, 0.2) is 17.2 Å². The summed E-state index contributed by atoms with van der Waals surface area (Å²) in [5.41, 5.74) is 0.558. The fourth-order valence-corrected chi connectivity index (χ4v) is 3.60. The molecule has 1 aliphatic carbocycles. The zero-order valence-electron chi connectivity index (χ0n) is 11.7. The van der Waals surface area contributed by atoms with Crippen LogP contribution in [0.25, 0.3) is 0 Å². The Kier molecular flexibility index (Phi) is 3.21. The molecule has 1 saturated carbocycles. The summed E-state index contributed by atoms with van der Waals surface area (Å²) >= 11 is 0. The maximum Gasteiger partial charge on any atom is 0.252 e. The Morgan fingerprint density at radius 2 is 1.89 bits per heavy atom. The summed E-state index contributed by atoms with van der Waals surface area (Å²) in [6, 6.07) is 1.91. The highest BCUT2D eigenvalue weighted by Crippen LogP contribution is 2.46. The van der Waals surface area contributed by atoms with Crippen LogP contribution in [0.5, 0.6) is 0 Å². The molecule has 4 nitrogen and oxygen atoms in total. The van der Waals surface area contributed by atoms with Gasteiger partial charge in [-0.05, 0) is 30.1 Å². The van der Waals surface area contributed by atoms with Crippen molar-refractivity contribution in [2.45, 2.75) is 53.0 Å². The van der Waals surface area contributed by atoms with Gasteiger partial charge in [0.05, 0.1) is 6.33 Å². The molecule has 1 aliphatic rings. The maximum atomic E-state index is 11.3. The molecule has 2 N–H and O–H groups in total. The van der Waals surface area contributed by atoms with Crippen LogP contribution >= 0.6 is 0 Å². The minimum Gasteiger partial charge on any atom is -0.367 e. The highest BCUT2D eigenvalue weighted by molar-refractivity contribution is 5.33. The second-order valence-electron chi connectivity index (χ2n) is 7.05. The van der Waals surface area contributed by atoms with E-state index in [1.165, 1.54) is 18.8 Å². The zero-order chi connectivity index (χ0) is 13.4. The SMILES string of the molecule is CC1(C)CC(Nc2cc(=O)[nH]cn2)CC(C)(C)C1. The van der Waals surface area contributed by atoms with Gasteiger partial charge < -0.3 is 10.3 Å². The summed E-state index contributed by atoms with van der Waals surface area (Å²) in [7, 11) is 0. The molecular weight excluding hydrogens is 226 g/mol. The molecule has 0 unspecified atom stereocenters. The topological polar surface area (TPSA) is 57.8 Å². The molecule has 1 aromatic heterocycles. The molecule has 1 heterocycles. The Balaban J connectivity index is 2.12. The lowest BCUT2D eigenvalue weighted by molar-refractivity contribution is 0.105. The molecule has 100 valence electrons. The van der Waals surface area contributed by atoms with Crippen LogP contribution in [0, 0.1) is 10.8 Å². The first kappa shape index (κ1) is 13.1. The van der Waals surface area contributed by atoms with E-state index < -0.39 is 0 Å². The molecule has 1 fully saturated rings. The van der Waals surface area contributed by atoms with Crippen LogP contribution in [-0.4, -0.2) is 16.0 Å². The molecule has 0 aromatic carbocycles. The Morgan fingerprint density at radius 3 is 2.44 bits per heavy atom. The first-order valence-corrected chi connectivity index (χ1v) is 6.57. The predicted octanol–water partition coefficient (Wildman–Crippen LogP) is 2.79. The second kappa shape index (κ2) is 4.41. The number of rotatable bonds is 2. The van der Waals surface area contributed by atoms with Gasteiger partial charge in [0.1, 0.15) is 5.82 Å². The zero-order valence-corrected chi connectivity index (χ0v) is 11.7. The Morgan fingerprint density at radius 1 is 1.28 bits per heavy atom. The molecule has 0 bridgehead atoms. The van der Waals surface area contributed by atoms with Crippen molar-refractivity contribution in [3.63, 3.8) is 0 Å². The Bertz CT molecular complexity index is 460. The van der Waals surface area contributed by atoms with Crippen molar-refractivity contribution in [3.8, 4) is 0 Å². The minimum atomic E-state index is -0.109. The van der Waals surface area contributed by atoms with E-state index in [9.17, 15) is 4.79 Å². The number of anilines is 1. The highest BCUT2D eigenvalue weighted by Gasteiger charge is 2.38. The predicted molar refractivity (Wildman–Crippen MR) is 73.7 cm³/mol. The fraction of sp³-hybridized carbons (Fsp3) is 0.714. The van der Waals surface area contributed by atoms with E-state index in [0.29, 0.717) is 22.7 Å². The fourth-order valence-electron chi connectivity index (χ4n) is 3.60. The lowest BCUT2D eigenvalue weighted by Crippen LogP contribution is -2.40. The van der Waals surface area contributed by atoms with Gasteiger partial charge in [-0.2, -0.15) is 0 Å².